The number of rotatable bonds is 5. The van der Waals surface area contributed by atoms with E-state index in [2.05, 4.69) is 9.72 Å². The summed E-state index contributed by atoms with van der Waals surface area (Å²) in [4.78, 5) is 14.0. The smallest absolute Gasteiger partial charge is 0.423 e. The van der Waals surface area contributed by atoms with E-state index in [1.54, 1.807) is 0 Å². The summed E-state index contributed by atoms with van der Waals surface area (Å²) in [5.41, 5.74) is 1.26. The number of aromatic amines is 1. The molecular weight excluding hydrogens is 281 g/mol. The first-order valence-corrected chi connectivity index (χ1v) is 5.56. The quantitative estimate of drug-likeness (QED) is 0.800. The maximum Gasteiger partial charge on any atom is 0.423 e. The van der Waals surface area contributed by atoms with Gasteiger partial charge in [0.25, 0.3) is 5.54 Å². The fourth-order valence-corrected chi connectivity index (χ4v) is 1.58. The topological polar surface area (TPSA) is 86.6 Å². The van der Waals surface area contributed by atoms with Crippen LogP contribution in [0, 0.1) is 0 Å². The molecule has 1 heterocycles. The number of halogens is 3. The fraction of sp³-hybridized carbons (Fsp3) is 0.545. The van der Waals surface area contributed by atoms with Gasteiger partial charge in [-0.1, -0.05) is 0 Å². The number of hydrogen-bond donors (Lipinski definition) is 2. The standard InChI is InChI=1S/C11H15F3N2O4/c1-4-20-9(17)10(15,11(12,13)14)8-6(18-2)5-7(16-8)19-3/h5,16H,4,15H2,1-3H3/t10-/m1/s1. The van der Waals surface area contributed by atoms with Crippen molar-refractivity contribution in [1.29, 1.82) is 0 Å². The summed E-state index contributed by atoms with van der Waals surface area (Å²) < 4.78 is 53.8. The minimum absolute atomic E-state index is 0.0276. The highest BCUT2D eigenvalue weighted by Crippen LogP contribution is 2.42. The number of nitrogens with one attached hydrogen (secondary N) is 1. The average molecular weight is 296 g/mol. The van der Waals surface area contributed by atoms with Gasteiger partial charge in [-0.05, 0) is 6.92 Å². The zero-order valence-corrected chi connectivity index (χ0v) is 11.1. The van der Waals surface area contributed by atoms with Gasteiger partial charge in [-0.25, -0.2) is 4.79 Å². The second-order valence-corrected chi connectivity index (χ2v) is 3.81. The molecule has 0 amide bonds. The molecule has 1 aromatic heterocycles. The van der Waals surface area contributed by atoms with Gasteiger partial charge in [0.15, 0.2) is 5.88 Å². The lowest BCUT2D eigenvalue weighted by Gasteiger charge is -2.29. The van der Waals surface area contributed by atoms with Gasteiger partial charge in [0.05, 0.1) is 20.8 Å². The molecular formula is C11H15F3N2O4. The van der Waals surface area contributed by atoms with Crippen molar-refractivity contribution in [3.05, 3.63) is 11.8 Å². The summed E-state index contributed by atoms with van der Waals surface area (Å²) in [5.74, 6) is -1.91. The largest absolute Gasteiger partial charge is 0.495 e. The number of carbonyl (C=O) groups is 1. The van der Waals surface area contributed by atoms with E-state index in [4.69, 9.17) is 15.2 Å². The first kappa shape index (κ1) is 16.2. The lowest BCUT2D eigenvalue weighted by atomic mass is 9.95. The van der Waals surface area contributed by atoms with Gasteiger partial charge in [0.1, 0.15) is 11.4 Å². The minimum Gasteiger partial charge on any atom is -0.495 e. The number of alkyl halides is 3. The Kier molecular flexibility index (Phi) is 4.53. The number of nitrogens with two attached hydrogens (primary N) is 1. The maximum absolute atomic E-state index is 13.3. The van der Waals surface area contributed by atoms with Gasteiger partial charge in [-0.15, -0.1) is 0 Å². The SMILES string of the molecule is CCOC(=O)[C@](N)(c1[nH]c(OC)cc1OC)C(F)(F)F. The lowest BCUT2D eigenvalue weighted by molar-refractivity contribution is -0.209. The van der Waals surface area contributed by atoms with Gasteiger partial charge in [-0.3, -0.25) is 0 Å². The van der Waals surface area contributed by atoms with Crippen LogP contribution in [0.25, 0.3) is 0 Å². The van der Waals surface area contributed by atoms with Crippen molar-refractivity contribution in [2.45, 2.75) is 18.6 Å². The van der Waals surface area contributed by atoms with Crippen LogP contribution in [0.5, 0.6) is 11.6 Å². The molecule has 1 rings (SSSR count). The third-order valence-corrected chi connectivity index (χ3v) is 2.64. The van der Waals surface area contributed by atoms with E-state index in [1.807, 2.05) is 0 Å². The third kappa shape index (κ3) is 2.53. The van der Waals surface area contributed by atoms with Gasteiger partial charge in [-0.2, -0.15) is 13.2 Å². The monoisotopic (exact) mass is 296 g/mol. The summed E-state index contributed by atoms with van der Waals surface area (Å²) in [6, 6.07) is 1.15. The predicted octanol–water partition coefficient (Wildman–Crippen LogP) is 1.31. The van der Waals surface area contributed by atoms with Crippen molar-refractivity contribution >= 4 is 5.97 Å². The molecule has 6 nitrogen and oxygen atoms in total. The summed E-state index contributed by atoms with van der Waals surface area (Å²) >= 11 is 0. The molecule has 0 aromatic carbocycles. The van der Waals surface area contributed by atoms with Gasteiger partial charge < -0.3 is 24.9 Å². The molecule has 1 atom stereocenters. The van der Waals surface area contributed by atoms with Crippen LogP contribution in [0.1, 0.15) is 12.6 Å². The number of H-pyrrole nitrogens is 1. The Labute approximate surface area is 113 Å². The number of ether oxygens (including phenoxy) is 3. The van der Waals surface area contributed by atoms with Crippen molar-refractivity contribution in [2.75, 3.05) is 20.8 Å². The van der Waals surface area contributed by atoms with Crippen LogP contribution >= 0.6 is 0 Å². The fourth-order valence-electron chi connectivity index (χ4n) is 1.58. The lowest BCUT2D eigenvalue weighted by Crippen LogP contribution is -2.57. The van der Waals surface area contributed by atoms with Crippen molar-refractivity contribution < 1.29 is 32.2 Å². The normalized spacial score (nSPS) is 14.6. The van der Waals surface area contributed by atoms with E-state index in [9.17, 15) is 18.0 Å². The van der Waals surface area contributed by atoms with Crippen LogP contribution in [0.2, 0.25) is 0 Å². The second kappa shape index (κ2) is 5.61. The Balaban J connectivity index is 3.45. The molecule has 1 aromatic rings. The molecule has 20 heavy (non-hydrogen) atoms. The predicted molar refractivity (Wildman–Crippen MR) is 62.5 cm³/mol. The molecule has 0 radical (unpaired) electrons. The molecule has 0 spiro atoms. The van der Waals surface area contributed by atoms with Crippen LogP contribution in [0.4, 0.5) is 13.2 Å². The third-order valence-electron chi connectivity index (χ3n) is 2.64. The van der Waals surface area contributed by atoms with E-state index in [1.165, 1.54) is 14.0 Å². The zero-order valence-electron chi connectivity index (χ0n) is 11.1. The van der Waals surface area contributed by atoms with Gasteiger partial charge in [0, 0.05) is 6.07 Å². The Hall–Kier alpha value is -1.90. The highest BCUT2D eigenvalue weighted by Gasteiger charge is 2.62. The Morgan fingerprint density at radius 3 is 2.35 bits per heavy atom. The minimum atomic E-state index is -5.08. The summed E-state index contributed by atoms with van der Waals surface area (Å²) in [7, 11) is 2.39. The van der Waals surface area contributed by atoms with Gasteiger partial charge >= 0.3 is 12.1 Å². The zero-order chi connectivity index (χ0) is 15.6. The number of aromatic nitrogens is 1. The second-order valence-electron chi connectivity index (χ2n) is 3.81. The molecule has 9 heteroatoms. The summed E-state index contributed by atoms with van der Waals surface area (Å²) in [6.45, 7) is 1.13. The first-order chi connectivity index (χ1) is 9.22. The van der Waals surface area contributed by atoms with Crippen molar-refractivity contribution in [2.24, 2.45) is 5.73 Å². The number of carbonyl (C=O) groups excluding carboxylic acids is 1. The molecule has 0 aliphatic heterocycles. The molecule has 0 aliphatic carbocycles. The van der Waals surface area contributed by atoms with Crippen LogP contribution in [0.15, 0.2) is 6.07 Å². The summed E-state index contributed by atoms with van der Waals surface area (Å²) in [5, 5.41) is 0. The highest BCUT2D eigenvalue weighted by molar-refractivity contribution is 5.84. The Bertz CT molecular complexity index is 487. The van der Waals surface area contributed by atoms with Crippen molar-refractivity contribution in [3.8, 4) is 11.6 Å². The molecule has 0 saturated carbocycles. The molecule has 3 N–H and O–H groups in total. The van der Waals surface area contributed by atoms with Crippen LogP contribution in [-0.4, -0.2) is 38.0 Å². The number of methoxy groups -OCH3 is 2. The van der Waals surface area contributed by atoms with Crippen molar-refractivity contribution in [1.82, 2.24) is 4.98 Å². The van der Waals surface area contributed by atoms with Gasteiger partial charge in [0.2, 0.25) is 0 Å². The average Bonchev–Trinajstić information content (AvgIpc) is 2.80. The maximum atomic E-state index is 13.3. The van der Waals surface area contributed by atoms with Crippen molar-refractivity contribution in [3.63, 3.8) is 0 Å². The van der Waals surface area contributed by atoms with E-state index >= 15 is 0 Å². The molecule has 0 unspecified atom stereocenters. The molecule has 114 valence electrons. The number of hydrogen-bond acceptors (Lipinski definition) is 5. The van der Waals surface area contributed by atoms with E-state index in [0.29, 0.717) is 0 Å². The molecule has 0 fully saturated rings. The Morgan fingerprint density at radius 2 is 1.95 bits per heavy atom. The highest BCUT2D eigenvalue weighted by atomic mass is 19.4. The van der Waals surface area contributed by atoms with Crippen LogP contribution in [-0.2, 0) is 15.1 Å². The number of esters is 1. The van der Waals surface area contributed by atoms with E-state index < -0.39 is 23.4 Å². The van der Waals surface area contributed by atoms with E-state index in [-0.39, 0.29) is 18.2 Å². The molecule has 0 saturated heterocycles. The van der Waals surface area contributed by atoms with E-state index in [0.717, 1.165) is 13.2 Å². The van der Waals surface area contributed by atoms with Crippen LogP contribution < -0.4 is 15.2 Å². The molecule has 0 bridgehead atoms. The Morgan fingerprint density at radius 1 is 1.35 bits per heavy atom. The van der Waals surface area contributed by atoms with Crippen LogP contribution in [0.3, 0.4) is 0 Å². The first-order valence-electron chi connectivity index (χ1n) is 5.56. The molecule has 0 aliphatic rings. The summed E-state index contributed by atoms with van der Waals surface area (Å²) in [6.07, 6.45) is -5.08.